The van der Waals surface area contributed by atoms with Crippen molar-refractivity contribution in [1.29, 1.82) is 0 Å². The minimum absolute atomic E-state index is 0.136. The Hall–Kier alpha value is -1.66. The Morgan fingerprint density at radius 3 is 3.00 bits per heavy atom. The maximum absolute atomic E-state index is 6.17. The van der Waals surface area contributed by atoms with Crippen LogP contribution in [0.2, 0.25) is 5.28 Å². The molecule has 1 aromatic carbocycles. The number of nitrogens with one attached hydrogen (secondary N) is 1. The number of halogens is 2. The predicted octanol–water partition coefficient (Wildman–Crippen LogP) is 4.46. The van der Waals surface area contributed by atoms with Gasteiger partial charge in [-0.25, -0.2) is 4.98 Å². The predicted molar refractivity (Wildman–Crippen MR) is 99.6 cm³/mol. The maximum Gasteiger partial charge on any atom is 0.224 e. The number of anilines is 1. The van der Waals surface area contributed by atoms with Crippen molar-refractivity contribution in [2.24, 2.45) is 5.92 Å². The fourth-order valence-electron chi connectivity index (χ4n) is 3.23. The molecule has 3 heterocycles. The lowest BCUT2D eigenvalue weighted by Crippen LogP contribution is -2.07. The molecule has 1 atom stereocenters. The van der Waals surface area contributed by atoms with Crippen LogP contribution in [0.5, 0.6) is 0 Å². The third-order valence-electron chi connectivity index (χ3n) is 4.20. The van der Waals surface area contributed by atoms with Crippen LogP contribution in [0.25, 0.3) is 11.0 Å². The number of rotatable bonds is 3. The molecule has 3 aromatic rings. The zero-order valence-corrected chi connectivity index (χ0v) is 15.8. The van der Waals surface area contributed by atoms with Gasteiger partial charge in [-0.2, -0.15) is 10.1 Å². The van der Waals surface area contributed by atoms with E-state index in [-0.39, 0.29) is 11.2 Å². The zero-order valence-electron chi connectivity index (χ0n) is 13.4. The molecule has 0 amide bonds. The van der Waals surface area contributed by atoms with E-state index < -0.39 is 0 Å². The van der Waals surface area contributed by atoms with Gasteiger partial charge in [0.2, 0.25) is 5.28 Å². The summed E-state index contributed by atoms with van der Waals surface area (Å²) in [7, 11) is 0. The molecule has 0 aliphatic carbocycles. The van der Waals surface area contributed by atoms with Crippen LogP contribution in [-0.4, -0.2) is 26.3 Å². The molecule has 0 saturated heterocycles. The summed E-state index contributed by atoms with van der Waals surface area (Å²) < 4.78 is 3.00. The molecule has 0 bridgehead atoms. The lowest BCUT2D eigenvalue weighted by atomic mass is 9.96. The Labute approximate surface area is 153 Å². The first-order valence-corrected chi connectivity index (χ1v) is 9.12. The number of hydrogen-bond acceptors (Lipinski definition) is 4. The maximum atomic E-state index is 6.17. The van der Waals surface area contributed by atoms with Gasteiger partial charge in [0.15, 0.2) is 5.65 Å². The highest BCUT2D eigenvalue weighted by atomic mass is 79.9. The lowest BCUT2D eigenvalue weighted by Gasteiger charge is -2.11. The van der Waals surface area contributed by atoms with Crippen LogP contribution in [0.15, 0.2) is 28.9 Å². The normalized spacial score (nSPS) is 16.6. The van der Waals surface area contributed by atoms with Crippen LogP contribution in [0.3, 0.4) is 0 Å². The number of hydrogen-bond donors (Lipinski definition) is 1. The molecule has 0 radical (unpaired) electrons. The van der Waals surface area contributed by atoms with Crippen molar-refractivity contribution in [3.63, 3.8) is 0 Å². The molecule has 1 N–H and O–H groups in total. The monoisotopic (exact) mass is 405 g/mol. The van der Waals surface area contributed by atoms with E-state index in [2.05, 4.69) is 62.3 Å². The van der Waals surface area contributed by atoms with Crippen LogP contribution >= 0.6 is 27.5 Å². The highest BCUT2D eigenvalue weighted by Crippen LogP contribution is 2.39. The molecule has 0 fully saturated rings. The Bertz CT molecular complexity index is 921. The quantitative estimate of drug-likeness (QED) is 0.653. The molecule has 24 heavy (non-hydrogen) atoms. The van der Waals surface area contributed by atoms with E-state index >= 15 is 0 Å². The highest BCUT2D eigenvalue weighted by Gasteiger charge is 2.28. The van der Waals surface area contributed by atoms with Gasteiger partial charge in [-0.3, -0.25) is 4.68 Å². The first-order valence-electron chi connectivity index (χ1n) is 7.95. The molecule has 2 aromatic heterocycles. The molecule has 1 aliphatic rings. The Morgan fingerprint density at radius 2 is 2.21 bits per heavy atom. The van der Waals surface area contributed by atoms with E-state index in [9.17, 15) is 0 Å². The van der Waals surface area contributed by atoms with E-state index in [0.717, 1.165) is 34.3 Å². The van der Waals surface area contributed by atoms with Crippen LogP contribution in [0.4, 0.5) is 5.69 Å². The van der Waals surface area contributed by atoms with Crippen molar-refractivity contribution in [3.05, 3.63) is 45.4 Å². The largest absolute Gasteiger partial charge is 0.384 e. The molecule has 1 unspecified atom stereocenters. The first kappa shape index (κ1) is 15.8. The minimum Gasteiger partial charge on any atom is -0.384 e. The fourth-order valence-corrected chi connectivity index (χ4v) is 3.78. The molecular weight excluding hydrogens is 390 g/mol. The number of aromatic nitrogens is 4. The Morgan fingerprint density at radius 1 is 1.38 bits per heavy atom. The summed E-state index contributed by atoms with van der Waals surface area (Å²) in [5, 5.41) is 9.24. The standard InChI is InChI=1S/C17H17BrClN5/c1-9(2)7-24-8-13-15(21-17(19)22-16(13)23-24)12-6-20-14-4-3-10(18)5-11(12)14/h3-5,8-9,12,20H,6-7H2,1-2H3. The Kier molecular flexibility index (Phi) is 3.96. The van der Waals surface area contributed by atoms with E-state index in [1.165, 1.54) is 5.56 Å². The van der Waals surface area contributed by atoms with Gasteiger partial charge in [-0.05, 0) is 41.3 Å². The molecule has 7 heteroatoms. The number of fused-ring (bicyclic) bond motifs is 2. The lowest BCUT2D eigenvalue weighted by molar-refractivity contribution is 0.485. The summed E-state index contributed by atoms with van der Waals surface area (Å²) in [6.07, 6.45) is 2.04. The second kappa shape index (κ2) is 6.01. The smallest absolute Gasteiger partial charge is 0.224 e. The Balaban J connectivity index is 1.85. The number of benzene rings is 1. The molecular formula is C17H17BrClN5. The van der Waals surface area contributed by atoms with Crippen LogP contribution in [-0.2, 0) is 6.54 Å². The van der Waals surface area contributed by atoms with Gasteiger partial charge in [0.1, 0.15) is 0 Å². The van der Waals surface area contributed by atoms with Crippen molar-refractivity contribution < 1.29 is 0 Å². The van der Waals surface area contributed by atoms with E-state index in [0.29, 0.717) is 11.6 Å². The molecule has 124 valence electrons. The molecule has 4 rings (SSSR count). The summed E-state index contributed by atoms with van der Waals surface area (Å²) in [4.78, 5) is 8.85. The van der Waals surface area contributed by atoms with Crippen LogP contribution in [0.1, 0.15) is 31.0 Å². The van der Waals surface area contributed by atoms with Crippen LogP contribution in [0, 0.1) is 5.92 Å². The van der Waals surface area contributed by atoms with Crippen LogP contribution < -0.4 is 5.32 Å². The van der Waals surface area contributed by atoms with E-state index in [1.807, 2.05) is 16.9 Å². The van der Waals surface area contributed by atoms with Crippen molar-refractivity contribution in [1.82, 2.24) is 19.7 Å². The van der Waals surface area contributed by atoms with Gasteiger partial charge in [-0.1, -0.05) is 29.8 Å². The third kappa shape index (κ3) is 2.78. The highest BCUT2D eigenvalue weighted by molar-refractivity contribution is 9.10. The third-order valence-corrected chi connectivity index (χ3v) is 4.86. The van der Waals surface area contributed by atoms with Gasteiger partial charge in [0.25, 0.3) is 0 Å². The molecule has 0 spiro atoms. The second-order valence-corrected chi connectivity index (χ2v) is 7.78. The summed E-state index contributed by atoms with van der Waals surface area (Å²) in [5.41, 5.74) is 3.95. The zero-order chi connectivity index (χ0) is 16.8. The van der Waals surface area contributed by atoms with E-state index in [4.69, 9.17) is 11.6 Å². The van der Waals surface area contributed by atoms with Gasteiger partial charge in [0, 0.05) is 35.4 Å². The number of nitrogens with zero attached hydrogens (tertiary/aromatic N) is 4. The summed E-state index contributed by atoms with van der Waals surface area (Å²) in [6, 6.07) is 6.26. The van der Waals surface area contributed by atoms with E-state index in [1.54, 1.807) is 0 Å². The first-order chi connectivity index (χ1) is 11.5. The molecule has 1 aliphatic heterocycles. The average molecular weight is 407 g/mol. The summed E-state index contributed by atoms with van der Waals surface area (Å²) in [5.74, 6) is 0.647. The van der Waals surface area contributed by atoms with Crippen molar-refractivity contribution in [3.8, 4) is 0 Å². The molecule has 0 saturated carbocycles. The topological polar surface area (TPSA) is 55.6 Å². The van der Waals surface area contributed by atoms with Gasteiger partial charge < -0.3 is 5.32 Å². The van der Waals surface area contributed by atoms with Gasteiger partial charge in [-0.15, -0.1) is 0 Å². The van der Waals surface area contributed by atoms with Gasteiger partial charge >= 0.3 is 0 Å². The average Bonchev–Trinajstić information content (AvgIpc) is 3.08. The van der Waals surface area contributed by atoms with Crippen molar-refractivity contribution >= 4 is 44.3 Å². The molecule has 5 nitrogen and oxygen atoms in total. The fraction of sp³-hybridized carbons (Fsp3) is 0.353. The summed E-state index contributed by atoms with van der Waals surface area (Å²) >= 11 is 9.73. The minimum atomic E-state index is 0.136. The SMILES string of the molecule is CC(C)Cn1cc2c(C3CNc4ccc(Br)cc43)nc(Cl)nc2n1. The van der Waals surface area contributed by atoms with Crippen molar-refractivity contribution in [2.75, 3.05) is 11.9 Å². The van der Waals surface area contributed by atoms with Crippen molar-refractivity contribution in [2.45, 2.75) is 26.3 Å². The summed E-state index contributed by atoms with van der Waals surface area (Å²) in [6.45, 7) is 5.98. The second-order valence-electron chi connectivity index (χ2n) is 6.53. The van der Waals surface area contributed by atoms with Gasteiger partial charge in [0.05, 0.1) is 11.1 Å².